The lowest BCUT2D eigenvalue weighted by Crippen LogP contribution is -2.30. The van der Waals surface area contributed by atoms with E-state index in [2.05, 4.69) is 21.4 Å². The molecule has 0 bridgehead atoms. The quantitative estimate of drug-likeness (QED) is 0.478. The van der Waals surface area contributed by atoms with E-state index in [1.807, 2.05) is 37.3 Å². The van der Waals surface area contributed by atoms with Crippen LogP contribution in [0.2, 0.25) is 0 Å². The highest BCUT2D eigenvalue weighted by Gasteiger charge is 2.25. The number of carbonyl (C=O) groups excluding carboxylic acids is 1. The molecule has 0 radical (unpaired) electrons. The molecule has 0 spiro atoms. The Hall–Kier alpha value is -3.87. The van der Waals surface area contributed by atoms with Crippen LogP contribution < -0.4 is 0 Å². The predicted molar refractivity (Wildman–Crippen MR) is 116 cm³/mol. The average Bonchev–Trinajstić information content (AvgIpc) is 3.20. The fraction of sp³-hybridized carbons (Fsp3) is 0.167. The van der Waals surface area contributed by atoms with Gasteiger partial charge in [0.1, 0.15) is 5.82 Å². The normalized spacial score (nSPS) is 11.9. The Kier molecular flexibility index (Phi) is 5.58. The first-order valence-corrected chi connectivity index (χ1v) is 9.91. The minimum atomic E-state index is -0.333. The molecule has 0 fully saturated rings. The molecular formula is C24H22FN5O. The van der Waals surface area contributed by atoms with Gasteiger partial charge in [0.15, 0.2) is 5.69 Å². The Balaban J connectivity index is 1.58. The van der Waals surface area contributed by atoms with Gasteiger partial charge in [-0.2, -0.15) is 0 Å². The second kappa shape index (κ2) is 8.47. The third-order valence-electron chi connectivity index (χ3n) is 5.45. The van der Waals surface area contributed by atoms with Crippen molar-refractivity contribution < 1.29 is 9.18 Å². The number of halogens is 1. The third kappa shape index (κ3) is 4.07. The smallest absolute Gasteiger partial charge is 0.276 e. The number of pyridine rings is 1. The zero-order valence-corrected chi connectivity index (χ0v) is 17.5. The highest BCUT2D eigenvalue weighted by molar-refractivity contribution is 5.93. The Morgan fingerprint density at radius 3 is 2.45 bits per heavy atom. The summed E-state index contributed by atoms with van der Waals surface area (Å²) in [6.45, 7) is 3.75. The molecule has 31 heavy (non-hydrogen) atoms. The summed E-state index contributed by atoms with van der Waals surface area (Å²) >= 11 is 0. The van der Waals surface area contributed by atoms with Gasteiger partial charge in [-0.1, -0.05) is 23.4 Å². The van der Waals surface area contributed by atoms with Gasteiger partial charge in [0, 0.05) is 19.4 Å². The molecule has 2 aromatic carbocycles. The van der Waals surface area contributed by atoms with Crippen molar-refractivity contribution in [2.45, 2.75) is 19.9 Å². The van der Waals surface area contributed by atoms with Crippen LogP contribution in [0.5, 0.6) is 0 Å². The Labute approximate surface area is 180 Å². The molecule has 6 nitrogen and oxygen atoms in total. The minimum absolute atomic E-state index is 0.176. The number of amides is 1. The lowest BCUT2D eigenvalue weighted by Gasteiger charge is -2.25. The summed E-state index contributed by atoms with van der Waals surface area (Å²) in [5.41, 5.74) is 4.65. The van der Waals surface area contributed by atoms with E-state index >= 15 is 0 Å². The highest BCUT2D eigenvalue weighted by Crippen LogP contribution is 2.26. The zero-order chi connectivity index (χ0) is 22.0. The van der Waals surface area contributed by atoms with Crippen LogP contribution in [-0.4, -0.2) is 37.8 Å². The van der Waals surface area contributed by atoms with Crippen LogP contribution in [-0.2, 0) is 0 Å². The van der Waals surface area contributed by atoms with Crippen LogP contribution in [0, 0.1) is 12.7 Å². The molecule has 1 atom stereocenters. The van der Waals surface area contributed by atoms with Gasteiger partial charge in [-0.25, -0.2) is 9.07 Å². The highest BCUT2D eigenvalue weighted by atomic mass is 19.1. The standard InChI is InChI=1S/C24H22FN5O/c1-16(19-5-4-6-20(15-19)18-11-13-26-14-12-18)29(3)24(31)23-17(2)30(28-27-23)22-9-7-21(25)8-10-22/h4-16H,1-3H3. The molecule has 0 N–H and O–H groups in total. The summed E-state index contributed by atoms with van der Waals surface area (Å²) < 4.78 is 14.8. The van der Waals surface area contributed by atoms with E-state index in [0.29, 0.717) is 11.4 Å². The van der Waals surface area contributed by atoms with E-state index in [9.17, 15) is 9.18 Å². The van der Waals surface area contributed by atoms with Crippen LogP contribution in [0.25, 0.3) is 16.8 Å². The monoisotopic (exact) mass is 415 g/mol. The summed E-state index contributed by atoms with van der Waals surface area (Å²) in [6.07, 6.45) is 3.52. The van der Waals surface area contributed by atoms with Crippen LogP contribution in [0.1, 0.15) is 34.7 Å². The molecule has 7 heteroatoms. The first-order chi connectivity index (χ1) is 15.0. The van der Waals surface area contributed by atoms with E-state index in [4.69, 9.17) is 0 Å². The molecule has 4 rings (SSSR count). The van der Waals surface area contributed by atoms with E-state index in [0.717, 1.165) is 16.7 Å². The third-order valence-corrected chi connectivity index (χ3v) is 5.45. The van der Waals surface area contributed by atoms with E-state index < -0.39 is 0 Å². The van der Waals surface area contributed by atoms with Crippen molar-refractivity contribution in [2.75, 3.05) is 7.05 Å². The van der Waals surface area contributed by atoms with Gasteiger partial charge in [0.25, 0.3) is 5.91 Å². The molecule has 2 heterocycles. The lowest BCUT2D eigenvalue weighted by molar-refractivity contribution is 0.0736. The summed E-state index contributed by atoms with van der Waals surface area (Å²) in [7, 11) is 1.75. The van der Waals surface area contributed by atoms with Gasteiger partial charge in [-0.15, -0.1) is 5.10 Å². The largest absolute Gasteiger partial charge is 0.333 e. The summed E-state index contributed by atoms with van der Waals surface area (Å²) in [5, 5.41) is 8.19. The molecule has 2 aromatic heterocycles. The molecule has 156 valence electrons. The van der Waals surface area contributed by atoms with Crippen molar-refractivity contribution in [3.05, 3.63) is 95.8 Å². The maximum absolute atomic E-state index is 13.2. The van der Waals surface area contributed by atoms with Gasteiger partial charge < -0.3 is 4.90 Å². The van der Waals surface area contributed by atoms with Crippen LogP contribution >= 0.6 is 0 Å². The fourth-order valence-electron chi connectivity index (χ4n) is 3.44. The van der Waals surface area contributed by atoms with Crippen LogP contribution in [0.4, 0.5) is 4.39 Å². The molecule has 4 aromatic rings. The number of carbonyl (C=O) groups is 1. The molecule has 0 aliphatic heterocycles. The predicted octanol–water partition coefficient (Wildman–Crippen LogP) is 4.61. The van der Waals surface area contributed by atoms with Crippen molar-refractivity contribution in [3.63, 3.8) is 0 Å². The average molecular weight is 415 g/mol. The summed E-state index contributed by atoms with van der Waals surface area (Å²) in [4.78, 5) is 18.9. The molecule has 1 unspecified atom stereocenters. The Bertz CT molecular complexity index is 1200. The molecule has 0 saturated heterocycles. The molecule has 1 amide bonds. The zero-order valence-electron chi connectivity index (χ0n) is 17.5. The maximum atomic E-state index is 13.2. The van der Waals surface area contributed by atoms with Crippen molar-refractivity contribution in [1.29, 1.82) is 0 Å². The van der Waals surface area contributed by atoms with Crippen LogP contribution in [0.15, 0.2) is 73.1 Å². The SMILES string of the molecule is Cc1c(C(=O)N(C)C(C)c2cccc(-c3ccncc3)c2)nnn1-c1ccc(F)cc1. The van der Waals surface area contributed by atoms with Gasteiger partial charge in [0.2, 0.25) is 0 Å². The maximum Gasteiger partial charge on any atom is 0.276 e. The lowest BCUT2D eigenvalue weighted by atomic mass is 10.00. The first-order valence-electron chi connectivity index (χ1n) is 9.91. The van der Waals surface area contributed by atoms with Crippen molar-refractivity contribution >= 4 is 5.91 Å². The molecule has 0 saturated carbocycles. The summed E-state index contributed by atoms with van der Waals surface area (Å²) in [6, 6.07) is 17.7. The number of hydrogen-bond donors (Lipinski definition) is 0. The van der Waals surface area contributed by atoms with Crippen LogP contribution in [0.3, 0.4) is 0 Å². The number of hydrogen-bond acceptors (Lipinski definition) is 4. The van der Waals surface area contributed by atoms with Crippen molar-refractivity contribution in [2.24, 2.45) is 0 Å². The first kappa shape index (κ1) is 20.4. The molecular weight excluding hydrogens is 393 g/mol. The second-order valence-corrected chi connectivity index (χ2v) is 7.37. The van der Waals surface area contributed by atoms with Gasteiger partial charge in [-0.3, -0.25) is 9.78 Å². The fourth-order valence-corrected chi connectivity index (χ4v) is 3.44. The minimum Gasteiger partial charge on any atom is -0.333 e. The number of nitrogens with zero attached hydrogens (tertiary/aromatic N) is 5. The van der Waals surface area contributed by atoms with E-state index in [1.54, 1.807) is 43.4 Å². The molecule has 0 aliphatic carbocycles. The number of aromatic nitrogens is 4. The van der Waals surface area contributed by atoms with Gasteiger partial charge in [-0.05, 0) is 73.0 Å². The van der Waals surface area contributed by atoms with Gasteiger partial charge >= 0.3 is 0 Å². The summed E-state index contributed by atoms with van der Waals surface area (Å²) in [5.74, 6) is -0.562. The Morgan fingerprint density at radius 1 is 1.03 bits per heavy atom. The van der Waals surface area contributed by atoms with Crippen molar-refractivity contribution in [1.82, 2.24) is 24.9 Å². The topological polar surface area (TPSA) is 63.9 Å². The Morgan fingerprint density at radius 2 is 1.74 bits per heavy atom. The number of rotatable bonds is 5. The van der Waals surface area contributed by atoms with E-state index in [-0.39, 0.29) is 23.5 Å². The molecule has 0 aliphatic rings. The van der Waals surface area contributed by atoms with Gasteiger partial charge in [0.05, 0.1) is 17.4 Å². The second-order valence-electron chi connectivity index (χ2n) is 7.37. The van der Waals surface area contributed by atoms with E-state index in [1.165, 1.54) is 16.8 Å². The number of benzene rings is 2. The van der Waals surface area contributed by atoms with Crippen molar-refractivity contribution in [3.8, 4) is 16.8 Å².